The van der Waals surface area contributed by atoms with Crippen LogP contribution < -0.4 is 5.73 Å². The largest absolute Gasteiger partial charge is 0.327 e. The van der Waals surface area contributed by atoms with Gasteiger partial charge in [0, 0.05) is 6.04 Å². The zero-order chi connectivity index (χ0) is 12.1. The minimum atomic E-state index is 0.293. The fourth-order valence-electron chi connectivity index (χ4n) is 2.45. The Kier molecular flexibility index (Phi) is 5.01. The Balaban J connectivity index is 3.00. The Bertz CT molecular complexity index is 310. The molecule has 0 heterocycles. The zero-order valence-corrected chi connectivity index (χ0v) is 11.1. The monoisotopic (exact) mass is 219 g/mol. The summed E-state index contributed by atoms with van der Waals surface area (Å²) in [6.45, 7) is 8.74. The number of nitrogens with two attached hydrogens (primary N) is 1. The Morgan fingerprint density at radius 2 is 1.62 bits per heavy atom. The van der Waals surface area contributed by atoms with E-state index in [4.69, 9.17) is 5.73 Å². The molecule has 0 aliphatic heterocycles. The normalized spacial score (nSPS) is 14.8. The first kappa shape index (κ1) is 13.2. The van der Waals surface area contributed by atoms with Crippen LogP contribution in [0.25, 0.3) is 0 Å². The van der Waals surface area contributed by atoms with E-state index in [2.05, 4.69) is 45.9 Å². The van der Waals surface area contributed by atoms with Crippen molar-refractivity contribution in [1.82, 2.24) is 0 Å². The van der Waals surface area contributed by atoms with E-state index in [0.29, 0.717) is 12.0 Å². The van der Waals surface area contributed by atoms with Crippen molar-refractivity contribution in [2.24, 2.45) is 5.73 Å². The summed E-state index contributed by atoms with van der Waals surface area (Å²) in [5, 5.41) is 0. The SMILES string of the molecule is CCC[C@@H](c1cc(C)cc(C)c1)[C@@H](N)CC. The summed E-state index contributed by atoms with van der Waals surface area (Å²) >= 11 is 0. The molecule has 0 aliphatic carbocycles. The van der Waals surface area contributed by atoms with Gasteiger partial charge in [-0.25, -0.2) is 0 Å². The summed E-state index contributed by atoms with van der Waals surface area (Å²) in [7, 11) is 0. The summed E-state index contributed by atoms with van der Waals surface area (Å²) in [6.07, 6.45) is 3.45. The van der Waals surface area contributed by atoms with E-state index in [1.165, 1.54) is 29.5 Å². The third kappa shape index (κ3) is 3.34. The average Bonchev–Trinajstić information content (AvgIpc) is 2.23. The van der Waals surface area contributed by atoms with Crippen molar-refractivity contribution in [3.8, 4) is 0 Å². The van der Waals surface area contributed by atoms with Crippen molar-refractivity contribution in [1.29, 1.82) is 0 Å². The molecular weight excluding hydrogens is 194 g/mol. The summed E-state index contributed by atoms with van der Waals surface area (Å²) in [6, 6.07) is 7.11. The molecule has 90 valence electrons. The third-order valence-electron chi connectivity index (χ3n) is 3.26. The molecule has 1 heteroatoms. The molecule has 0 fully saturated rings. The van der Waals surface area contributed by atoms with E-state index < -0.39 is 0 Å². The molecule has 2 atom stereocenters. The molecule has 0 unspecified atom stereocenters. The molecule has 1 nitrogen and oxygen atoms in total. The average molecular weight is 219 g/mol. The standard InChI is InChI=1S/C15H25N/c1-5-7-14(15(16)6-2)13-9-11(3)8-12(4)10-13/h8-10,14-15H,5-7,16H2,1-4H3/t14-,15-/m0/s1. The molecule has 2 N–H and O–H groups in total. The van der Waals surface area contributed by atoms with Crippen molar-refractivity contribution in [3.63, 3.8) is 0 Å². The van der Waals surface area contributed by atoms with Crippen LogP contribution >= 0.6 is 0 Å². The van der Waals surface area contributed by atoms with Gasteiger partial charge in [0.05, 0.1) is 0 Å². The fourth-order valence-corrected chi connectivity index (χ4v) is 2.45. The molecule has 0 aromatic heterocycles. The fraction of sp³-hybridized carbons (Fsp3) is 0.600. The third-order valence-corrected chi connectivity index (χ3v) is 3.26. The lowest BCUT2D eigenvalue weighted by molar-refractivity contribution is 0.483. The van der Waals surface area contributed by atoms with Crippen LogP contribution in [0.15, 0.2) is 18.2 Å². The predicted octanol–water partition coefficient (Wildman–Crippen LogP) is 3.92. The van der Waals surface area contributed by atoms with Gasteiger partial charge in [0.15, 0.2) is 0 Å². The van der Waals surface area contributed by atoms with Gasteiger partial charge in [0.25, 0.3) is 0 Å². The van der Waals surface area contributed by atoms with Crippen LogP contribution in [0, 0.1) is 13.8 Å². The lowest BCUT2D eigenvalue weighted by Gasteiger charge is -2.23. The lowest BCUT2D eigenvalue weighted by Crippen LogP contribution is -2.27. The summed E-state index contributed by atoms with van der Waals surface area (Å²) < 4.78 is 0. The second-order valence-electron chi connectivity index (χ2n) is 4.89. The topological polar surface area (TPSA) is 26.0 Å². The highest BCUT2D eigenvalue weighted by Crippen LogP contribution is 2.27. The van der Waals surface area contributed by atoms with Crippen molar-refractivity contribution in [2.75, 3.05) is 0 Å². The molecule has 16 heavy (non-hydrogen) atoms. The number of hydrogen-bond donors (Lipinski definition) is 1. The van der Waals surface area contributed by atoms with Crippen molar-refractivity contribution in [2.45, 2.75) is 58.9 Å². The molecule has 0 spiro atoms. The highest BCUT2D eigenvalue weighted by atomic mass is 14.6. The number of rotatable bonds is 5. The van der Waals surface area contributed by atoms with E-state index in [-0.39, 0.29) is 0 Å². The van der Waals surface area contributed by atoms with Gasteiger partial charge in [-0.1, -0.05) is 49.6 Å². The molecule has 0 aliphatic rings. The van der Waals surface area contributed by atoms with Crippen LogP contribution in [-0.4, -0.2) is 6.04 Å². The zero-order valence-electron chi connectivity index (χ0n) is 11.1. The molecule has 0 saturated carbocycles. The van der Waals surface area contributed by atoms with Gasteiger partial charge in [-0.2, -0.15) is 0 Å². The highest BCUT2D eigenvalue weighted by Gasteiger charge is 2.17. The van der Waals surface area contributed by atoms with Crippen molar-refractivity contribution >= 4 is 0 Å². The molecule has 0 radical (unpaired) electrons. The van der Waals surface area contributed by atoms with Crippen LogP contribution in [0.2, 0.25) is 0 Å². The minimum absolute atomic E-state index is 0.293. The van der Waals surface area contributed by atoms with Gasteiger partial charge in [0.2, 0.25) is 0 Å². The maximum absolute atomic E-state index is 6.24. The number of aryl methyl sites for hydroxylation is 2. The van der Waals surface area contributed by atoms with Crippen LogP contribution in [0.5, 0.6) is 0 Å². The minimum Gasteiger partial charge on any atom is -0.327 e. The smallest absolute Gasteiger partial charge is 0.0105 e. The van der Waals surface area contributed by atoms with Gasteiger partial charge in [-0.3, -0.25) is 0 Å². The van der Waals surface area contributed by atoms with E-state index in [9.17, 15) is 0 Å². The Morgan fingerprint density at radius 3 is 2.06 bits per heavy atom. The van der Waals surface area contributed by atoms with Gasteiger partial charge >= 0.3 is 0 Å². The number of hydrogen-bond acceptors (Lipinski definition) is 1. The Morgan fingerprint density at radius 1 is 1.06 bits per heavy atom. The second-order valence-corrected chi connectivity index (χ2v) is 4.89. The first-order valence-electron chi connectivity index (χ1n) is 6.42. The summed E-state index contributed by atoms with van der Waals surface area (Å²) in [5.74, 6) is 0.522. The van der Waals surface area contributed by atoms with E-state index in [0.717, 1.165) is 6.42 Å². The summed E-state index contributed by atoms with van der Waals surface area (Å²) in [4.78, 5) is 0. The lowest BCUT2D eigenvalue weighted by atomic mass is 9.85. The molecule has 0 amide bonds. The van der Waals surface area contributed by atoms with Crippen LogP contribution in [-0.2, 0) is 0 Å². The van der Waals surface area contributed by atoms with Crippen molar-refractivity contribution < 1.29 is 0 Å². The number of benzene rings is 1. The first-order valence-corrected chi connectivity index (χ1v) is 6.42. The van der Waals surface area contributed by atoms with Crippen LogP contribution in [0.3, 0.4) is 0 Å². The molecule has 1 aromatic rings. The van der Waals surface area contributed by atoms with Gasteiger partial charge in [-0.05, 0) is 38.2 Å². The van der Waals surface area contributed by atoms with Crippen LogP contribution in [0.4, 0.5) is 0 Å². The van der Waals surface area contributed by atoms with E-state index in [1.54, 1.807) is 0 Å². The quantitative estimate of drug-likeness (QED) is 0.798. The maximum atomic E-state index is 6.24. The molecule has 0 saturated heterocycles. The highest BCUT2D eigenvalue weighted by molar-refractivity contribution is 5.31. The van der Waals surface area contributed by atoms with Gasteiger partial charge in [0.1, 0.15) is 0 Å². The molecule has 0 bridgehead atoms. The molecular formula is C15H25N. The second kappa shape index (κ2) is 6.05. The molecule has 1 rings (SSSR count). The van der Waals surface area contributed by atoms with Crippen LogP contribution in [0.1, 0.15) is 55.7 Å². The van der Waals surface area contributed by atoms with E-state index >= 15 is 0 Å². The first-order chi connectivity index (χ1) is 7.58. The summed E-state index contributed by atoms with van der Waals surface area (Å²) in [5.41, 5.74) is 10.4. The van der Waals surface area contributed by atoms with E-state index in [1.807, 2.05) is 0 Å². The predicted molar refractivity (Wildman–Crippen MR) is 71.8 cm³/mol. The van der Waals surface area contributed by atoms with Gasteiger partial charge < -0.3 is 5.73 Å². The maximum Gasteiger partial charge on any atom is 0.0105 e. The Labute approximate surface area is 100 Å². The molecule has 1 aromatic carbocycles. The van der Waals surface area contributed by atoms with Gasteiger partial charge in [-0.15, -0.1) is 0 Å². The van der Waals surface area contributed by atoms with Crippen molar-refractivity contribution in [3.05, 3.63) is 34.9 Å². The Hall–Kier alpha value is -0.820.